The average Bonchev–Trinajstić information content (AvgIpc) is 2.96. The van der Waals surface area contributed by atoms with Gasteiger partial charge in [0.1, 0.15) is 19.3 Å². The van der Waals surface area contributed by atoms with Crippen LogP contribution < -0.4 is 20.2 Å². The number of urea groups is 1. The van der Waals surface area contributed by atoms with Crippen LogP contribution in [0.1, 0.15) is 23.0 Å². The van der Waals surface area contributed by atoms with Gasteiger partial charge < -0.3 is 24.9 Å². The molecule has 0 bridgehead atoms. The number of aromatic nitrogens is 1. The highest BCUT2D eigenvalue weighted by atomic mass is 32.2. The number of ether oxygens (including phenoxy) is 2. The van der Waals surface area contributed by atoms with E-state index in [-0.39, 0.29) is 31.2 Å². The van der Waals surface area contributed by atoms with Gasteiger partial charge in [-0.2, -0.15) is 8.42 Å². The quantitative estimate of drug-likeness (QED) is 0.201. The maximum Gasteiger partial charge on any atom is 0.408 e. The Hall–Kier alpha value is -5.09. The molecule has 2 aromatic carbocycles. The minimum Gasteiger partial charge on any atom is -0.483 e. The van der Waals surface area contributed by atoms with E-state index >= 15 is 0 Å². The van der Waals surface area contributed by atoms with Crippen LogP contribution in [0.4, 0.5) is 9.59 Å². The minimum absolute atomic E-state index is 0.0348. The lowest BCUT2D eigenvalue weighted by Crippen LogP contribution is -2.67. The fraction of sp³-hybridized carbons (Fsp3) is 0.200. The molecule has 0 spiro atoms. The number of aliphatic hydroxyl groups is 1. The number of H-pyrrole nitrogens is 1. The van der Waals surface area contributed by atoms with Gasteiger partial charge in [0.15, 0.2) is 5.75 Å². The summed E-state index contributed by atoms with van der Waals surface area (Å²) in [5, 5.41) is 15.6. The summed E-state index contributed by atoms with van der Waals surface area (Å²) in [5.41, 5.74) is 0.747. The van der Waals surface area contributed by atoms with E-state index in [1.54, 1.807) is 30.3 Å². The molecule has 0 saturated carbocycles. The Morgan fingerprint density at radius 2 is 1.68 bits per heavy atom. The lowest BCUT2D eigenvalue weighted by molar-refractivity contribution is -0.139. The fourth-order valence-corrected chi connectivity index (χ4v) is 4.03. The first-order valence-corrected chi connectivity index (χ1v) is 13.4. The van der Waals surface area contributed by atoms with E-state index in [2.05, 4.69) is 19.9 Å². The minimum atomic E-state index is -4.79. The fourth-order valence-electron chi connectivity index (χ4n) is 3.45. The van der Waals surface area contributed by atoms with Crippen molar-refractivity contribution in [3.8, 4) is 5.75 Å². The lowest BCUT2D eigenvalue weighted by Gasteiger charge is -2.35. The summed E-state index contributed by atoms with van der Waals surface area (Å²) in [4.78, 5) is 51.7. The Kier molecular flexibility index (Phi) is 9.05. The van der Waals surface area contributed by atoms with Crippen molar-refractivity contribution in [2.75, 3.05) is 6.54 Å². The number of nitrogens with zero attached hydrogens (tertiary/aromatic N) is 3. The van der Waals surface area contributed by atoms with Crippen molar-refractivity contribution >= 4 is 28.2 Å². The first-order chi connectivity index (χ1) is 19.6. The standard InChI is InChI=1S/C25H24N6O9S/c32-20-11-18(26-12-21(20)39-14-16-7-3-1-4-8-16)22(33)28-30-41(37,38)29-24(35)31-13-19(23(31)34)27-25(36)40-15-17-9-5-2-6-10-17/h1-12,19,22,33H,13-15H2,(H,26,32)(H,27,36)(H,29,35)/t19-,22?/m0/s1. The van der Waals surface area contributed by atoms with Crippen LogP contribution >= 0.6 is 0 Å². The zero-order chi connectivity index (χ0) is 29.4. The van der Waals surface area contributed by atoms with Gasteiger partial charge in [-0.15, -0.1) is 5.11 Å². The molecule has 1 aromatic heterocycles. The van der Waals surface area contributed by atoms with Gasteiger partial charge in [-0.3, -0.25) is 14.5 Å². The summed E-state index contributed by atoms with van der Waals surface area (Å²) in [7, 11) is -4.79. The largest absolute Gasteiger partial charge is 0.483 e. The van der Waals surface area contributed by atoms with Crippen molar-refractivity contribution in [1.82, 2.24) is 19.9 Å². The molecule has 41 heavy (non-hydrogen) atoms. The topological polar surface area (TPSA) is 209 Å². The molecule has 4 rings (SSSR count). The zero-order valence-corrected chi connectivity index (χ0v) is 22.0. The van der Waals surface area contributed by atoms with Gasteiger partial charge >= 0.3 is 22.3 Å². The Morgan fingerprint density at radius 3 is 2.29 bits per heavy atom. The van der Waals surface area contributed by atoms with E-state index in [1.807, 2.05) is 30.3 Å². The number of aromatic amines is 1. The molecule has 4 N–H and O–H groups in total. The summed E-state index contributed by atoms with van der Waals surface area (Å²) in [6.07, 6.45) is -1.62. The highest BCUT2D eigenvalue weighted by Gasteiger charge is 2.43. The predicted octanol–water partition coefficient (Wildman–Crippen LogP) is 1.49. The first kappa shape index (κ1) is 28.9. The molecule has 214 valence electrons. The Morgan fingerprint density at radius 1 is 1.05 bits per heavy atom. The number of aliphatic hydroxyl groups excluding tert-OH is 1. The third-order valence-corrected chi connectivity index (χ3v) is 6.32. The molecule has 1 saturated heterocycles. The number of likely N-dealkylation sites (tertiary alicyclic amines) is 1. The zero-order valence-electron chi connectivity index (χ0n) is 21.2. The van der Waals surface area contributed by atoms with Gasteiger partial charge in [0.05, 0.1) is 12.2 Å². The molecule has 1 unspecified atom stereocenters. The Labute approximate surface area is 233 Å². The molecule has 16 heteroatoms. The van der Waals surface area contributed by atoms with E-state index in [4.69, 9.17) is 9.47 Å². The Bertz CT molecular complexity index is 1600. The van der Waals surface area contributed by atoms with Gasteiger partial charge in [-0.25, -0.2) is 14.3 Å². The molecule has 4 amide bonds. The second kappa shape index (κ2) is 12.8. The number of β-lactam (4-membered cyclic amide) rings is 1. The highest BCUT2D eigenvalue weighted by Crippen LogP contribution is 2.15. The van der Waals surface area contributed by atoms with Crippen LogP contribution in [0.25, 0.3) is 0 Å². The van der Waals surface area contributed by atoms with Gasteiger partial charge in [0.2, 0.25) is 11.7 Å². The lowest BCUT2D eigenvalue weighted by atomic mass is 10.1. The van der Waals surface area contributed by atoms with Crippen molar-refractivity contribution in [2.24, 2.45) is 9.63 Å². The summed E-state index contributed by atoms with van der Waals surface area (Å²) in [6.45, 7) is -0.231. The molecule has 0 aliphatic carbocycles. The normalized spacial score (nSPS) is 15.6. The van der Waals surface area contributed by atoms with Gasteiger partial charge in [0, 0.05) is 12.3 Å². The van der Waals surface area contributed by atoms with E-state index < -0.39 is 45.9 Å². The number of hydrogen-bond donors (Lipinski definition) is 4. The third-order valence-electron chi connectivity index (χ3n) is 5.57. The van der Waals surface area contributed by atoms with Crippen LogP contribution in [0.2, 0.25) is 0 Å². The second-order valence-electron chi connectivity index (χ2n) is 8.55. The van der Waals surface area contributed by atoms with Crippen molar-refractivity contribution in [1.29, 1.82) is 0 Å². The van der Waals surface area contributed by atoms with Crippen LogP contribution in [0.15, 0.2) is 87.4 Å². The summed E-state index contributed by atoms with van der Waals surface area (Å²) >= 11 is 0. The summed E-state index contributed by atoms with van der Waals surface area (Å²) < 4.78 is 39.1. The molecule has 2 heterocycles. The molecule has 1 aliphatic heterocycles. The van der Waals surface area contributed by atoms with Crippen molar-refractivity contribution in [2.45, 2.75) is 25.5 Å². The molecule has 15 nitrogen and oxygen atoms in total. The van der Waals surface area contributed by atoms with Gasteiger partial charge in [-0.1, -0.05) is 60.7 Å². The number of imide groups is 1. The number of pyridine rings is 1. The number of carbonyl (C=O) groups is 3. The van der Waals surface area contributed by atoms with Gasteiger partial charge in [0.25, 0.3) is 5.91 Å². The van der Waals surface area contributed by atoms with Crippen LogP contribution in [-0.4, -0.2) is 54.0 Å². The first-order valence-electron chi connectivity index (χ1n) is 12.0. The van der Waals surface area contributed by atoms with E-state index in [0.717, 1.165) is 17.2 Å². The third kappa shape index (κ3) is 7.96. The van der Waals surface area contributed by atoms with Crippen molar-refractivity contribution in [3.63, 3.8) is 0 Å². The molecular weight excluding hydrogens is 560 g/mol. The molecule has 2 atom stereocenters. The highest BCUT2D eigenvalue weighted by molar-refractivity contribution is 7.88. The van der Waals surface area contributed by atoms with Crippen LogP contribution in [-0.2, 0) is 33.0 Å². The average molecular weight is 585 g/mol. The SMILES string of the molecule is O=C(N[C@H]1CN(C(=O)NS(=O)(=O)N=NC(O)c2cc(=O)c(OCc3ccccc3)c[nH]2)C1=O)OCc1ccccc1. The monoisotopic (exact) mass is 584 g/mol. The Balaban J connectivity index is 1.24. The number of rotatable bonds is 10. The predicted molar refractivity (Wildman–Crippen MR) is 140 cm³/mol. The van der Waals surface area contributed by atoms with E-state index in [1.165, 1.54) is 10.9 Å². The number of alkyl carbamates (subject to hydrolysis) is 1. The number of hydrogen-bond acceptors (Lipinski definition) is 10. The van der Waals surface area contributed by atoms with E-state index in [0.29, 0.717) is 4.90 Å². The molecular formula is C25H24N6O9S. The van der Waals surface area contributed by atoms with Crippen LogP contribution in [0.3, 0.4) is 0 Å². The maximum atomic E-state index is 12.3. The molecule has 0 radical (unpaired) electrons. The summed E-state index contributed by atoms with van der Waals surface area (Å²) in [6, 6.07) is 16.4. The van der Waals surface area contributed by atoms with Crippen molar-refractivity contribution in [3.05, 3.63) is 100.0 Å². The smallest absolute Gasteiger partial charge is 0.408 e. The van der Waals surface area contributed by atoms with Crippen molar-refractivity contribution < 1.29 is 37.4 Å². The second-order valence-corrected chi connectivity index (χ2v) is 9.87. The van der Waals surface area contributed by atoms with Crippen LogP contribution in [0, 0.1) is 0 Å². The van der Waals surface area contributed by atoms with E-state index in [9.17, 15) is 32.7 Å². The number of nitrogens with one attached hydrogen (secondary N) is 3. The molecule has 1 aliphatic rings. The summed E-state index contributed by atoms with van der Waals surface area (Å²) in [5.74, 6) is -0.920. The van der Waals surface area contributed by atoms with Gasteiger partial charge in [-0.05, 0) is 15.6 Å². The number of carbonyl (C=O) groups excluding carboxylic acids is 3. The number of amides is 4. The van der Waals surface area contributed by atoms with Crippen LogP contribution in [0.5, 0.6) is 5.75 Å². The maximum absolute atomic E-state index is 12.3. The number of benzene rings is 2. The molecule has 3 aromatic rings. The molecule has 1 fully saturated rings.